The van der Waals surface area contributed by atoms with Crippen LogP contribution in [-0.2, 0) is 22.3 Å². The van der Waals surface area contributed by atoms with Crippen molar-refractivity contribution in [1.29, 1.82) is 0 Å². The van der Waals surface area contributed by atoms with Crippen molar-refractivity contribution in [2.45, 2.75) is 25.2 Å². The minimum absolute atomic E-state index is 0.0693. The van der Waals surface area contributed by atoms with Gasteiger partial charge in [-0.05, 0) is 46.4 Å². The Bertz CT molecular complexity index is 1010. The van der Waals surface area contributed by atoms with E-state index in [1.165, 1.54) is 0 Å². The van der Waals surface area contributed by atoms with Crippen LogP contribution < -0.4 is 11.2 Å². The number of nitrogens with two attached hydrogens (primary N) is 1. The number of carbonyl (C=O) groups is 1. The summed E-state index contributed by atoms with van der Waals surface area (Å²) in [6, 6.07) is 13.7. The highest BCUT2D eigenvalue weighted by Gasteiger charge is 2.26. The van der Waals surface area contributed by atoms with Crippen molar-refractivity contribution in [3.8, 4) is 0 Å². The van der Waals surface area contributed by atoms with Crippen LogP contribution in [0.4, 0.5) is 0 Å². The highest BCUT2D eigenvalue weighted by atomic mass is 16.5. The van der Waals surface area contributed by atoms with Crippen molar-refractivity contribution in [3.63, 3.8) is 0 Å². The lowest BCUT2D eigenvalue weighted by atomic mass is 9.74. The third-order valence-electron chi connectivity index (χ3n) is 5.41. The second kappa shape index (κ2) is 8.23. The first-order valence-electron chi connectivity index (χ1n) is 9.63. The van der Waals surface area contributed by atoms with Gasteiger partial charge >= 0.3 is 7.12 Å². The highest BCUT2D eigenvalue weighted by molar-refractivity contribution is 6.60. The number of Topliss-reactive ketones (excluding diaryl/α,β-unsaturated/α-hetero) is 1. The second-order valence-electron chi connectivity index (χ2n) is 7.27. The van der Waals surface area contributed by atoms with Gasteiger partial charge in [-0.2, -0.15) is 0 Å². The maximum atomic E-state index is 13.0. The van der Waals surface area contributed by atoms with Crippen molar-refractivity contribution < 1.29 is 14.5 Å². The molecule has 4 rings (SSSR count). The number of ketones is 1. The van der Waals surface area contributed by atoms with E-state index in [1.807, 2.05) is 48.7 Å². The SMILES string of the molecule is NC[C@@H](C(=O)Cc1ccc2cnccc2c1)c1ccc2c(c1)B(O)OCCC2. The van der Waals surface area contributed by atoms with E-state index in [-0.39, 0.29) is 12.3 Å². The zero-order chi connectivity index (χ0) is 19.5. The molecule has 0 saturated heterocycles. The van der Waals surface area contributed by atoms with E-state index in [0.717, 1.165) is 45.8 Å². The van der Waals surface area contributed by atoms with Crippen LogP contribution in [0.3, 0.4) is 0 Å². The standard InChI is InChI=1S/C22H23BN2O3/c24-13-20(18-6-5-16-2-1-9-28-23(27)21(16)12-18)22(26)11-15-3-4-19-14-25-8-7-17(19)10-15/h3-8,10,12,14,20,27H,1-2,9,11,13,24H2/t20-/m1/s1. The number of hydrogen-bond acceptors (Lipinski definition) is 5. The number of fused-ring (bicyclic) bond motifs is 2. The van der Waals surface area contributed by atoms with Crippen molar-refractivity contribution in [1.82, 2.24) is 4.98 Å². The maximum absolute atomic E-state index is 13.0. The molecule has 1 aromatic heterocycles. The molecule has 142 valence electrons. The number of aromatic nitrogens is 1. The van der Waals surface area contributed by atoms with E-state index in [4.69, 9.17) is 10.4 Å². The smallest absolute Gasteiger partial charge is 0.423 e. The Kier molecular flexibility index (Phi) is 5.53. The van der Waals surface area contributed by atoms with Crippen LogP contribution in [0, 0.1) is 0 Å². The van der Waals surface area contributed by atoms with Gasteiger partial charge in [0.15, 0.2) is 0 Å². The van der Waals surface area contributed by atoms with Gasteiger partial charge in [-0.1, -0.05) is 36.4 Å². The summed E-state index contributed by atoms with van der Waals surface area (Å²) >= 11 is 0. The largest absolute Gasteiger partial charge is 0.491 e. The molecule has 0 fully saturated rings. The molecule has 0 radical (unpaired) electrons. The van der Waals surface area contributed by atoms with Gasteiger partial charge in [-0.15, -0.1) is 0 Å². The summed E-state index contributed by atoms with van der Waals surface area (Å²) in [5, 5.41) is 12.4. The zero-order valence-corrected chi connectivity index (χ0v) is 15.7. The summed E-state index contributed by atoms with van der Waals surface area (Å²) in [5.41, 5.74) is 9.58. The molecule has 0 bridgehead atoms. The van der Waals surface area contributed by atoms with Crippen LogP contribution in [0.2, 0.25) is 0 Å². The summed E-state index contributed by atoms with van der Waals surface area (Å²) in [4.78, 5) is 17.1. The Morgan fingerprint density at radius 3 is 2.96 bits per heavy atom. The number of rotatable bonds is 5. The molecule has 3 N–H and O–H groups in total. The van der Waals surface area contributed by atoms with Gasteiger partial charge in [0.05, 0.1) is 5.92 Å². The van der Waals surface area contributed by atoms with Gasteiger partial charge in [0, 0.05) is 37.4 Å². The summed E-state index contributed by atoms with van der Waals surface area (Å²) in [6.07, 6.45) is 5.61. The molecule has 1 aliphatic heterocycles. The third kappa shape index (κ3) is 3.85. The fourth-order valence-corrected chi connectivity index (χ4v) is 3.86. The number of carbonyl (C=O) groups excluding carboxylic acids is 1. The van der Waals surface area contributed by atoms with E-state index in [9.17, 15) is 9.82 Å². The summed E-state index contributed by atoms with van der Waals surface area (Å²) in [5.74, 6) is -0.339. The zero-order valence-electron chi connectivity index (χ0n) is 15.7. The van der Waals surface area contributed by atoms with Crippen LogP contribution in [0.15, 0.2) is 54.9 Å². The molecule has 0 saturated carbocycles. The summed E-state index contributed by atoms with van der Waals surface area (Å²) in [7, 11) is -0.944. The average molecular weight is 374 g/mol. The average Bonchev–Trinajstić information content (AvgIpc) is 2.90. The Morgan fingerprint density at radius 2 is 2.11 bits per heavy atom. The van der Waals surface area contributed by atoms with Crippen LogP contribution in [-0.4, -0.2) is 36.1 Å². The monoisotopic (exact) mass is 374 g/mol. The molecule has 3 aromatic rings. The van der Waals surface area contributed by atoms with Crippen molar-refractivity contribution in [2.24, 2.45) is 5.73 Å². The van der Waals surface area contributed by atoms with Crippen LogP contribution >= 0.6 is 0 Å². The number of nitrogens with zero attached hydrogens (tertiary/aromatic N) is 1. The fraction of sp³-hybridized carbons (Fsp3) is 0.273. The quantitative estimate of drug-likeness (QED) is 0.665. The Balaban J connectivity index is 1.58. The lowest BCUT2D eigenvalue weighted by Crippen LogP contribution is -2.36. The van der Waals surface area contributed by atoms with E-state index < -0.39 is 13.0 Å². The molecule has 0 amide bonds. The minimum Gasteiger partial charge on any atom is -0.423 e. The third-order valence-corrected chi connectivity index (χ3v) is 5.41. The van der Waals surface area contributed by atoms with E-state index >= 15 is 0 Å². The van der Waals surface area contributed by atoms with E-state index in [2.05, 4.69) is 4.98 Å². The molecule has 0 unspecified atom stereocenters. The molecule has 28 heavy (non-hydrogen) atoms. The first-order chi connectivity index (χ1) is 13.7. The normalized spacial score (nSPS) is 15.1. The molecule has 2 aromatic carbocycles. The molecule has 2 heterocycles. The molecule has 1 aliphatic rings. The van der Waals surface area contributed by atoms with Gasteiger partial charge in [-0.25, -0.2) is 0 Å². The van der Waals surface area contributed by atoms with Crippen LogP contribution in [0.25, 0.3) is 10.8 Å². The fourth-order valence-electron chi connectivity index (χ4n) is 3.86. The summed E-state index contributed by atoms with van der Waals surface area (Å²) < 4.78 is 5.43. The first kappa shape index (κ1) is 18.8. The molecular weight excluding hydrogens is 351 g/mol. The lowest BCUT2D eigenvalue weighted by molar-refractivity contribution is -0.119. The van der Waals surface area contributed by atoms with Gasteiger partial charge in [0.1, 0.15) is 5.78 Å². The minimum atomic E-state index is -0.944. The maximum Gasteiger partial charge on any atom is 0.491 e. The van der Waals surface area contributed by atoms with Crippen LogP contribution in [0.1, 0.15) is 29.0 Å². The molecule has 6 heteroatoms. The summed E-state index contributed by atoms with van der Waals surface area (Å²) in [6.45, 7) is 0.758. The predicted molar refractivity (Wildman–Crippen MR) is 111 cm³/mol. The molecule has 0 spiro atoms. The van der Waals surface area contributed by atoms with E-state index in [1.54, 1.807) is 6.20 Å². The molecular formula is C22H23BN2O3. The lowest BCUT2D eigenvalue weighted by Gasteiger charge is -2.17. The van der Waals surface area contributed by atoms with Crippen molar-refractivity contribution >= 4 is 29.1 Å². The van der Waals surface area contributed by atoms with E-state index in [0.29, 0.717) is 13.0 Å². The van der Waals surface area contributed by atoms with Crippen LogP contribution in [0.5, 0.6) is 0 Å². The van der Waals surface area contributed by atoms with Gasteiger partial charge < -0.3 is 15.4 Å². The highest BCUT2D eigenvalue weighted by Crippen LogP contribution is 2.21. The second-order valence-corrected chi connectivity index (χ2v) is 7.27. The molecule has 1 atom stereocenters. The Morgan fingerprint density at radius 1 is 1.21 bits per heavy atom. The first-order valence-corrected chi connectivity index (χ1v) is 9.63. The van der Waals surface area contributed by atoms with Crippen molar-refractivity contribution in [3.05, 3.63) is 71.5 Å². The predicted octanol–water partition coefficient (Wildman–Crippen LogP) is 1.74. The number of hydrogen-bond donors (Lipinski definition) is 2. The van der Waals surface area contributed by atoms with Gasteiger partial charge in [0.2, 0.25) is 0 Å². The van der Waals surface area contributed by atoms with Crippen molar-refractivity contribution in [2.75, 3.05) is 13.2 Å². The number of benzene rings is 2. The van der Waals surface area contributed by atoms with Gasteiger partial charge in [-0.3, -0.25) is 9.78 Å². The Labute approximate surface area is 164 Å². The number of aryl methyl sites for hydroxylation is 1. The number of pyridine rings is 1. The van der Waals surface area contributed by atoms with Gasteiger partial charge in [0.25, 0.3) is 0 Å². The molecule has 0 aliphatic carbocycles. The molecule has 5 nitrogen and oxygen atoms in total. The topological polar surface area (TPSA) is 85.4 Å². The Hall–Kier alpha value is -2.54.